The van der Waals surface area contributed by atoms with Crippen LogP contribution in [-0.4, -0.2) is 30.3 Å². The van der Waals surface area contributed by atoms with Crippen molar-refractivity contribution in [2.75, 3.05) is 19.6 Å². The van der Waals surface area contributed by atoms with Gasteiger partial charge in [0.2, 0.25) is 0 Å². The Balaban J connectivity index is 1.45. The molecule has 2 aliphatic carbocycles. The van der Waals surface area contributed by atoms with Gasteiger partial charge in [-0.2, -0.15) is 0 Å². The van der Waals surface area contributed by atoms with Gasteiger partial charge in [0.05, 0.1) is 0 Å². The molecule has 2 fully saturated rings. The Labute approximate surface area is 143 Å². The molecule has 1 atom stereocenters. The molecule has 2 heteroatoms. The van der Waals surface area contributed by atoms with Crippen LogP contribution in [0, 0.1) is 11.8 Å². The Morgan fingerprint density at radius 1 is 1.04 bits per heavy atom. The molecule has 124 valence electrons. The molecular formula is C22H25NO. The lowest BCUT2D eigenvalue weighted by Crippen LogP contribution is -2.39. The van der Waals surface area contributed by atoms with Gasteiger partial charge in [0.1, 0.15) is 0 Å². The number of hydrogen-bond acceptors (Lipinski definition) is 2. The van der Waals surface area contributed by atoms with Crippen LogP contribution in [0.1, 0.15) is 47.2 Å². The molecule has 0 radical (unpaired) electrons. The fourth-order valence-corrected chi connectivity index (χ4v) is 4.78. The third kappa shape index (κ3) is 2.48. The van der Waals surface area contributed by atoms with Gasteiger partial charge >= 0.3 is 0 Å². The smallest absolute Gasteiger partial charge is 0.167 e. The highest BCUT2D eigenvalue weighted by atomic mass is 16.1. The van der Waals surface area contributed by atoms with Crippen LogP contribution in [0.15, 0.2) is 30.3 Å². The normalized spacial score (nSPS) is 23.8. The van der Waals surface area contributed by atoms with Crippen molar-refractivity contribution < 1.29 is 4.79 Å². The average Bonchev–Trinajstić information content (AvgIpc) is 3.33. The van der Waals surface area contributed by atoms with Crippen LogP contribution in [0.3, 0.4) is 0 Å². The van der Waals surface area contributed by atoms with Gasteiger partial charge in [-0.15, -0.1) is 0 Å². The Morgan fingerprint density at radius 3 is 2.71 bits per heavy atom. The summed E-state index contributed by atoms with van der Waals surface area (Å²) < 4.78 is 0. The standard InChI is InChI=1S/C22H25NO/c24-22(18-4-2-12-23(14-18)13-15-6-7-15)20-11-10-17-9-8-16-3-1-5-19(20)21(16)17/h1,3,5,10-11,15,18H,2,4,6-9,12-14H2/t18-/m0/s1. The van der Waals surface area contributed by atoms with Gasteiger partial charge in [-0.05, 0) is 72.9 Å². The number of carbonyl (C=O) groups is 1. The minimum absolute atomic E-state index is 0.191. The van der Waals surface area contributed by atoms with E-state index in [1.807, 2.05) is 0 Å². The van der Waals surface area contributed by atoms with Crippen molar-refractivity contribution in [1.29, 1.82) is 0 Å². The van der Waals surface area contributed by atoms with E-state index in [1.165, 1.54) is 54.3 Å². The number of piperidine rings is 1. The highest BCUT2D eigenvalue weighted by Crippen LogP contribution is 2.35. The predicted molar refractivity (Wildman–Crippen MR) is 97.6 cm³/mol. The second-order valence-electron chi connectivity index (χ2n) is 8.02. The molecule has 0 N–H and O–H groups in total. The summed E-state index contributed by atoms with van der Waals surface area (Å²) in [5.41, 5.74) is 3.82. The van der Waals surface area contributed by atoms with Gasteiger partial charge in [0.15, 0.2) is 5.78 Å². The molecular weight excluding hydrogens is 294 g/mol. The third-order valence-electron chi connectivity index (χ3n) is 6.23. The number of Topliss-reactive ketones (excluding diaryl/α,β-unsaturated/α-hetero) is 1. The zero-order valence-corrected chi connectivity index (χ0v) is 14.3. The third-order valence-corrected chi connectivity index (χ3v) is 6.23. The Morgan fingerprint density at radius 2 is 1.88 bits per heavy atom. The minimum atomic E-state index is 0.191. The van der Waals surface area contributed by atoms with E-state index >= 15 is 0 Å². The number of hydrogen-bond donors (Lipinski definition) is 0. The van der Waals surface area contributed by atoms with Crippen LogP contribution in [0.5, 0.6) is 0 Å². The summed E-state index contributed by atoms with van der Waals surface area (Å²) in [6.45, 7) is 3.37. The molecule has 0 spiro atoms. The Bertz CT molecular complexity index is 795. The maximum absolute atomic E-state index is 13.3. The van der Waals surface area contributed by atoms with Crippen LogP contribution in [0.25, 0.3) is 10.8 Å². The van der Waals surface area contributed by atoms with Crippen molar-refractivity contribution in [3.05, 3.63) is 47.0 Å². The molecule has 2 aromatic carbocycles. The average molecular weight is 319 g/mol. The van der Waals surface area contributed by atoms with Crippen LogP contribution >= 0.6 is 0 Å². The van der Waals surface area contributed by atoms with Crippen LogP contribution in [-0.2, 0) is 12.8 Å². The van der Waals surface area contributed by atoms with Crippen LogP contribution in [0.4, 0.5) is 0 Å². The quantitative estimate of drug-likeness (QED) is 0.786. The number of benzene rings is 2. The van der Waals surface area contributed by atoms with Crippen LogP contribution < -0.4 is 0 Å². The van der Waals surface area contributed by atoms with E-state index in [1.54, 1.807) is 0 Å². The number of aryl methyl sites for hydroxylation is 2. The first-order valence-electron chi connectivity index (χ1n) is 9.59. The molecule has 0 bridgehead atoms. The maximum atomic E-state index is 13.3. The van der Waals surface area contributed by atoms with E-state index in [0.717, 1.165) is 37.3 Å². The van der Waals surface area contributed by atoms with Gasteiger partial charge in [-0.1, -0.05) is 30.3 Å². The summed E-state index contributed by atoms with van der Waals surface area (Å²) in [7, 11) is 0. The van der Waals surface area contributed by atoms with Gasteiger partial charge in [0.25, 0.3) is 0 Å². The molecule has 1 saturated carbocycles. The topological polar surface area (TPSA) is 20.3 Å². The largest absolute Gasteiger partial charge is 0.302 e. The number of likely N-dealkylation sites (tertiary alicyclic amines) is 1. The van der Waals surface area contributed by atoms with Crippen molar-refractivity contribution in [3.8, 4) is 0 Å². The molecule has 1 saturated heterocycles. The van der Waals surface area contributed by atoms with E-state index in [2.05, 4.69) is 35.2 Å². The van der Waals surface area contributed by atoms with Crippen molar-refractivity contribution in [3.63, 3.8) is 0 Å². The van der Waals surface area contributed by atoms with Gasteiger partial charge < -0.3 is 4.90 Å². The maximum Gasteiger partial charge on any atom is 0.167 e. The summed E-state index contributed by atoms with van der Waals surface area (Å²) in [6.07, 6.45) is 7.27. The lowest BCUT2D eigenvalue weighted by Gasteiger charge is -2.32. The van der Waals surface area contributed by atoms with Crippen molar-refractivity contribution in [2.24, 2.45) is 11.8 Å². The first kappa shape index (κ1) is 14.7. The zero-order chi connectivity index (χ0) is 16.1. The number of carbonyl (C=O) groups excluding carboxylic acids is 1. The molecule has 3 aliphatic rings. The molecule has 2 aromatic rings. The lowest BCUT2D eigenvalue weighted by atomic mass is 9.87. The van der Waals surface area contributed by atoms with Crippen molar-refractivity contribution >= 4 is 16.6 Å². The van der Waals surface area contributed by atoms with Crippen molar-refractivity contribution in [1.82, 2.24) is 4.90 Å². The van der Waals surface area contributed by atoms with Gasteiger partial charge in [-0.3, -0.25) is 4.79 Å². The summed E-state index contributed by atoms with van der Waals surface area (Å²) in [5, 5.41) is 2.57. The predicted octanol–water partition coefficient (Wildman–Crippen LogP) is 4.24. The monoisotopic (exact) mass is 319 g/mol. The molecule has 5 rings (SSSR count). The molecule has 0 aromatic heterocycles. The zero-order valence-electron chi connectivity index (χ0n) is 14.3. The van der Waals surface area contributed by atoms with Crippen molar-refractivity contribution in [2.45, 2.75) is 38.5 Å². The Kier molecular flexibility index (Phi) is 3.48. The second-order valence-corrected chi connectivity index (χ2v) is 8.02. The summed E-state index contributed by atoms with van der Waals surface area (Å²) in [4.78, 5) is 15.8. The fourth-order valence-electron chi connectivity index (χ4n) is 4.78. The molecule has 2 nitrogen and oxygen atoms in total. The van der Waals surface area contributed by atoms with E-state index < -0.39 is 0 Å². The molecule has 0 amide bonds. The number of rotatable bonds is 4. The summed E-state index contributed by atoms with van der Waals surface area (Å²) in [6, 6.07) is 10.8. The number of ketones is 1. The molecule has 1 aliphatic heterocycles. The van der Waals surface area contributed by atoms with E-state index in [4.69, 9.17) is 0 Å². The fraction of sp³-hybridized carbons (Fsp3) is 0.500. The summed E-state index contributed by atoms with van der Waals surface area (Å²) >= 11 is 0. The number of nitrogens with zero attached hydrogens (tertiary/aromatic N) is 1. The highest BCUT2D eigenvalue weighted by Gasteiger charge is 2.31. The van der Waals surface area contributed by atoms with E-state index in [9.17, 15) is 4.79 Å². The SMILES string of the molecule is O=C(c1ccc2c3c(cccc13)CC2)[C@H]1CCCN(CC2CC2)C1. The molecule has 0 unspecified atom stereocenters. The van der Waals surface area contributed by atoms with E-state index in [-0.39, 0.29) is 5.92 Å². The molecule has 1 heterocycles. The minimum Gasteiger partial charge on any atom is -0.302 e. The first-order chi connectivity index (χ1) is 11.8. The lowest BCUT2D eigenvalue weighted by molar-refractivity contribution is 0.0816. The van der Waals surface area contributed by atoms with Gasteiger partial charge in [0, 0.05) is 24.6 Å². The van der Waals surface area contributed by atoms with Gasteiger partial charge in [-0.25, -0.2) is 0 Å². The van der Waals surface area contributed by atoms with E-state index in [0.29, 0.717) is 5.78 Å². The molecule has 24 heavy (non-hydrogen) atoms. The second kappa shape index (κ2) is 5.70. The highest BCUT2D eigenvalue weighted by molar-refractivity contribution is 6.11. The van der Waals surface area contributed by atoms with Crippen LogP contribution in [0.2, 0.25) is 0 Å². The first-order valence-corrected chi connectivity index (χ1v) is 9.59. The summed E-state index contributed by atoms with van der Waals surface area (Å²) in [5.74, 6) is 1.48. The Hall–Kier alpha value is -1.67.